The van der Waals surface area contributed by atoms with Crippen molar-refractivity contribution in [2.45, 2.75) is 6.42 Å². The zero-order valence-corrected chi connectivity index (χ0v) is 20.1. The zero-order chi connectivity index (χ0) is 24.6. The maximum Gasteiger partial charge on any atom is 0.271 e. The Balaban J connectivity index is 1.77. The Labute approximate surface area is 209 Å². The summed E-state index contributed by atoms with van der Waals surface area (Å²) < 4.78 is 11.3. The third-order valence-corrected chi connectivity index (χ3v) is 6.11. The molecule has 1 fully saturated rings. The lowest BCUT2D eigenvalue weighted by molar-refractivity contribution is -0.113. The summed E-state index contributed by atoms with van der Waals surface area (Å²) in [6, 6.07) is 22.9. The van der Waals surface area contributed by atoms with Gasteiger partial charge in [-0.1, -0.05) is 48.4 Å². The minimum atomic E-state index is -0.146. The lowest BCUT2D eigenvalue weighted by Crippen LogP contribution is -2.28. The molecule has 0 saturated carbocycles. The predicted molar refractivity (Wildman–Crippen MR) is 144 cm³/mol. The van der Waals surface area contributed by atoms with E-state index in [9.17, 15) is 4.79 Å². The van der Waals surface area contributed by atoms with Crippen LogP contribution >= 0.6 is 11.8 Å². The van der Waals surface area contributed by atoms with Gasteiger partial charge in [0.25, 0.3) is 5.91 Å². The molecule has 1 amide bonds. The number of methoxy groups -OCH3 is 1. The summed E-state index contributed by atoms with van der Waals surface area (Å²) in [6.07, 6.45) is 9.56. The Kier molecular flexibility index (Phi) is 7.71. The first-order valence-corrected chi connectivity index (χ1v) is 11.8. The van der Waals surface area contributed by atoms with Crippen LogP contribution in [0.25, 0.3) is 6.08 Å². The van der Waals surface area contributed by atoms with Crippen LogP contribution in [0.4, 0.5) is 11.4 Å². The number of benzene rings is 3. The van der Waals surface area contributed by atoms with Gasteiger partial charge in [0.1, 0.15) is 6.61 Å². The average Bonchev–Trinajstić information content (AvgIpc) is 3.18. The summed E-state index contributed by atoms with van der Waals surface area (Å²) >= 11 is 1.33. The average molecular weight is 481 g/mol. The van der Waals surface area contributed by atoms with Crippen LogP contribution in [0.3, 0.4) is 0 Å². The molecule has 1 aliphatic heterocycles. The van der Waals surface area contributed by atoms with E-state index < -0.39 is 0 Å². The number of anilines is 1. The highest BCUT2D eigenvalue weighted by Crippen LogP contribution is 2.39. The minimum Gasteiger partial charge on any atom is -0.493 e. The second kappa shape index (κ2) is 11.3. The molecule has 3 aromatic rings. The van der Waals surface area contributed by atoms with Gasteiger partial charge in [0.2, 0.25) is 0 Å². The van der Waals surface area contributed by atoms with E-state index in [2.05, 4.69) is 12.5 Å². The van der Waals surface area contributed by atoms with Crippen molar-refractivity contribution in [3.05, 3.63) is 101 Å². The molecule has 6 heteroatoms. The number of thioether (sulfide) groups is 1. The first-order chi connectivity index (χ1) is 17.1. The summed E-state index contributed by atoms with van der Waals surface area (Å²) in [5.41, 5.74) is 3.20. The third kappa shape index (κ3) is 5.48. The first-order valence-electron chi connectivity index (χ1n) is 11.0. The van der Waals surface area contributed by atoms with Crippen LogP contribution in [-0.2, 0) is 11.2 Å². The number of amidine groups is 1. The van der Waals surface area contributed by atoms with E-state index in [1.54, 1.807) is 18.1 Å². The molecule has 3 aromatic carbocycles. The van der Waals surface area contributed by atoms with Crippen LogP contribution in [0.15, 0.2) is 95.3 Å². The van der Waals surface area contributed by atoms with Crippen LogP contribution in [0, 0.1) is 12.3 Å². The topological polar surface area (TPSA) is 51.1 Å². The highest BCUT2D eigenvalue weighted by molar-refractivity contribution is 8.19. The standard InChI is InChI=1S/C29H24N2O3S/c1-4-12-22-18-21(19-25(33-3)27(22)34-17-5-2)20-26-28(32)31(24-15-10-7-11-16-24)29(35-26)30-23-13-8-6-9-14-23/h2,4,6-11,13-16,18-20H,1,12,17H2,3H3/b26-20+,30-29?. The second-order valence-corrected chi connectivity index (χ2v) is 8.52. The Morgan fingerprint density at radius 2 is 1.83 bits per heavy atom. The highest BCUT2D eigenvalue weighted by atomic mass is 32.2. The van der Waals surface area contributed by atoms with E-state index in [4.69, 9.17) is 20.9 Å². The Hall–Kier alpha value is -4.21. The fraction of sp³-hybridized carbons (Fsp3) is 0.103. The summed E-state index contributed by atoms with van der Waals surface area (Å²) in [6.45, 7) is 3.96. The smallest absolute Gasteiger partial charge is 0.271 e. The monoisotopic (exact) mass is 480 g/mol. The van der Waals surface area contributed by atoms with E-state index in [1.807, 2.05) is 78.9 Å². The molecule has 1 aliphatic rings. The van der Waals surface area contributed by atoms with Crippen LogP contribution in [0.2, 0.25) is 0 Å². The molecule has 35 heavy (non-hydrogen) atoms. The second-order valence-electron chi connectivity index (χ2n) is 7.51. The molecule has 0 N–H and O–H groups in total. The molecule has 5 nitrogen and oxygen atoms in total. The lowest BCUT2D eigenvalue weighted by Gasteiger charge is -2.15. The minimum absolute atomic E-state index is 0.126. The number of aliphatic imine (C=N–C) groups is 1. The number of nitrogens with zero attached hydrogens (tertiary/aromatic N) is 2. The Morgan fingerprint density at radius 3 is 2.49 bits per heavy atom. The van der Waals surface area contributed by atoms with Crippen molar-refractivity contribution in [2.75, 3.05) is 18.6 Å². The van der Waals surface area contributed by atoms with Crippen molar-refractivity contribution in [3.8, 4) is 23.8 Å². The predicted octanol–water partition coefficient (Wildman–Crippen LogP) is 6.24. The number of allylic oxidation sites excluding steroid dienone is 1. The number of terminal acetylenes is 1. The van der Waals surface area contributed by atoms with Gasteiger partial charge in [0.15, 0.2) is 16.7 Å². The fourth-order valence-electron chi connectivity index (χ4n) is 3.62. The number of amides is 1. The Bertz CT molecular complexity index is 1330. The Morgan fingerprint density at radius 1 is 1.11 bits per heavy atom. The van der Waals surface area contributed by atoms with E-state index in [1.165, 1.54) is 11.8 Å². The summed E-state index contributed by atoms with van der Waals surface area (Å²) in [5.74, 6) is 3.45. The highest BCUT2D eigenvalue weighted by Gasteiger charge is 2.34. The third-order valence-electron chi connectivity index (χ3n) is 5.14. The molecule has 0 radical (unpaired) electrons. The van der Waals surface area contributed by atoms with Gasteiger partial charge in [0, 0.05) is 5.56 Å². The first kappa shape index (κ1) is 23.9. The van der Waals surface area contributed by atoms with Gasteiger partial charge < -0.3 is 9.47 Å². The molecule has 0 aliphatic carbocycles. The normalized spacial score (nSPS) is 15.3. The molecule has 0 atom stereocenters. The van der Waals surface area contributed by atoms with Crippen molar-refractivity contribution >= 4 is 40.3 Å². The molecule has 0 aromatic heterocycles. The van der Waals surface area contributed by atoms with Crippen molar-refractivity contribution in [2.24, 2.45) is 4.99 Å². The molecule has 4 rings (SSSR count). The van der Waals surface area contributed by atoms with Gasteiger partial charge >= 0.3 is 0 Å². The number of para-hydroxylation sites is 2. The number of ether oxygens (including phenoxy) is 2. The van der Waals surface area contributed by atoms with Gasteiger partial charge in [-0.05, 0) is 66.2 Å². The lowest BCUT2D eigenvalue weighted by atomic mass is 10.0. The molecular weight excluding hydrogens is 456 g/mol. The van der Waals surface area contributed by atoms with Crippen LogP contribution in [-0.4, -0.2) is 24.8 Å². The number of carbonyl (C=O) groups excluding carboxylic acids is 1. The zero-order valence-electron chi connectivity index (χ0n) is 19.3. The van der Waals surface area contributed by atoms with Crippen molar-refractivity contribution in [3.63, 3.8) is 0 Å². The molecule has 0 unspecified atom stereocenters. The fourth-order valence-corrected chi connectivity index (χ4v) is 4.62. The van der Waals surface area contributed by atoms with Crippen molar-refractivity contribution in [1.29, 1.82) is 0 Å². The van der Waals surface area contributed by atoms with Gasteiger partial charge in [0.05, 0.1) is 23.4 Å². The van der Waals surface area contributed by atoms with E-state index in [-0.39, 0.29) is 12.5 Å². The van der Waals surface area contributed by atoms with Crippen LogP contribution < -0.4 is 14.4 Å². The van der Waals surface area contributed by atoms with Crippen molar-refractivity contribution in [1.82, 2.24) is 0 Å². The number of hydrogen-bond acceptors (Lipinski definition) is 5. The summed E-state index contributed by atoms with van der Waals surface area (Å²) in [4.78, 5) is 20.5. The maximum absolute atomic E-state index is 13.5. The maximum atomic E-state index is 13.5. The number of rotatable bonds is 8. The summed E-state index contributed by atoms with van der Waals surface area (Å²) in [5, 5.41) is 0.589. The van der Waals surface area contributed by atoms with E-state index >= 15 is 0 Å². The molecule has 0 spiro atoms. The molecule has 1 heterocycles. The van der Waals surface area contributed by atoms with E-state index in [0.717, 1.165) is 22.5 Å². The van der Waals surface area contributed by atoms with Gasteiger partial charge in [-0.25, -0.2) is 4.99 Å². The van der Waals surface area contributed by atoms with Crippen LogP contribution in [0.1, 0.15) is 11.1 Å². The molecular formula is C29H24N2O3S. The van der Waals surface area contributed by atoms with Gasteiger partial charge in [-0.3, -0.25) is 9.69 Å². The quantitative estimate of drug-likeness (QED) is 0.217. The van der Waals surface area contributed by atoms with E-state index in [0.29, 0.717) is 28.0 Å². The van der Waals surface area contributed by atoms with Crippen molar-refractivity contribution < 1.29 is 14.3 Å². The van der Waals surface area contributed by atoms with Crippen LogP contribution in [0.5, 0.6) is 11.5 Å². The molecule has 1 saturated heterocycles. The number of carbonyl (C=O) groups is 1. The molecule has 174 valence electrons. The van der Waals surface area contributed by atoms with Gasteiger partial charge in [-0.15, -0.1) is 13.0 Å². The van der Waals surface area contributed by atoms with Gasteiger partial charge in [-0.2, -0.15) is 0 Å². The number of hydrogen-bond donors (Lipinski definition) is 0. The largest absolute Gasteiger partial charge is 0.493 e. The SMILES string of the molecule is C#CCOc1c(CC=C)cc(/C=C2/SC(=Nc3ccccc3)N(c3ccccc3)C2=O)cc1OC. The molecule has 0 bridgehead atoms. The summed E-state index contributed by atoms with van der Waals surface area (Å²) in [7, 11) is 1.57.